The van der Waals surface area contributed by atoms with Gasteiger partial charge >= 0.3 is 0 Å². The number of nitrogens with zero attached hydrogens (tertiary/aromatic N) is 3. The monoisotopic (exact) mass is 383 g/mol. The fraction of sp³-hybridized carbons (Fsp3) is 0.350. The van der Waals surface area contributed by atoms with Crippen LogP contribution in [0.3, 0.4) is 0 Å². The van der Waals surface area contributed by atoms with Crippen molar-refractivity contribution in [2.24, 2.45) is 0 Å². The summed E-state index contributed by atoms with van der Waals surface area (Å²) in [5, 5.41) is 3.73. The second-order valence-electron chi connectivity index (χ2n) is 7.13. The quantitative estimate of drug-likeness (QED) is 0.799. The molecule has 1 aromatic heterocycles. The number of benzene rings is 1. The van der Waals surface area contributed by atoms with Gasteiger partial charge in [-0.25, -0.2) is 0 Å². The molecule has 0 radical (unpaired) electrons. The minimum absolute atomic E-state index is 0.0141. The summed E-state index contributed by atoms with van der Waals surface area (Å²) < 4.78 is 0. The molecule has 2 aromatic rings. The number of para-hydroxylation sites is 1. The van der Waals surface area contributed by atoms with Gasteiger partial charge in [-0.3, -0.25) is 14.4 Å². The molecule has 0 bridgehead atoms. The Hall–Kier alpha value is -2.67. The lowest BCUT2D eigenvalue weighted by Crippen LogP contribution is -2.67. The van der Waals surface area contributed by atoms with E-state index in [4.69, 9.17) is 0 Å². The molecular weight excluding hydrogens is 362 g/mol. The van der Waals surface area contributed by atoms with E-state index in [0.29, 0.717) is 31.6 Å². The number of amides is 3. The first-order chi connectivity index (χ1) is 13.0. The standard InChI is InChI=1S/C20H21N3O3S/c1-15(24)23-11-18(25)22(17-5-3-2-4-6-17)14-20(23)8-9-21(13-20)19(26)16-7-10-27-12-16/h2-7,10,12H,8-9,11,13-14H2,1H3/t20-/m1/s1. The Morgan fingerprint density at radius 1 is 1.11 bits per heavy atom. The van der Waals surface area contributed by atoms with Crippen LogP contribution in [0.15, 0.2) is 47.2 Å². The highest BCUT2D eigenvalue weighted by Gasteiger charge is 2.51. The molecule has 3 heterocycles. The topological polar surface area (TPSA) is 60.9 Å². The van der Waals surface area contributed by atoms with Crippen LogP contribution < -0.4 is 4.90 Å². The van der Waals surface area contributed by atoms with Gasteiger partial charge in [0.2, 0.25) is 11.8 Å². The molecule has 2 fully saturated rings. The Labute approximate surface area is 162 Å². The molecule has 2 saturated heterocycles. The Morgan fingerprint density at radius 3 is 2.56 bits per heavy atom. The first-order valence-electron chi connectivity index (χ1n) is 8.95. The lowest BCUT2D eigenvalue weighted by atomic mass is 9.91. The normalized spacial score (nSPS) is 22.6. The van der Waals surface area contributed by atoms with Gasteiger partial charge in [0.25, 0.3) is 5.91 Å². The number of rotatable bonds is 2. The first kappa shape index (κ1) is 17.7. The van der Waals surface area contributed by atoms with E-state index in [1.54, 1.807) is 14.7 Å². The van der Waals surface area contributed by atoms with Crippen molar-refractivity contribution in [1.29, 1.82) is 0 Å². The Kier molecular flexibility index (Phi) is 4.47. The molecule has 2 aliphatic heterocycles. The van der Waals surface area contributed by atoms with E-state index in [9.17, 15) is 14.4 Å². The minimum Gasteiger partial charge on any atom is -0.336 e. The maximum atomic E-state index is 12.8. The molecule has 0 N–H and O–H groups in total. The van der Waals surface area contributed by atoms with E-state index < -0.39 is 5.54 Å². The number of hydrogen-bond donors (Lipinski definition) is 0. The predicted molar refractivity (Wildman–Crippen MR) is 104 cm³/mol. The summed E-state index contributed by atoms with van der Waals surface area (Å²) in [6.07, 6.45) is 0.666. The molecule has 0 saturated carbocycles. The van der Waals surface area contributed by atoms with Crippen LogP contribution in [0.2, 0.25) is 0 Å². The van der Waals surface area contributed by atoms with E-state index >= 15 is 0 Å². The van der Waals surface area contributed by atoms with Crippen LogP contribution in [0, 0.1) is 0 Å². The van der Waals surface area contributed by atoms with Crippen molar-refractivity contribution < 1.29 is 14.4 Å². The SMILES string of the molecule is CC(=O)N1CC(=O)N(c2ccccc2)C[C@]12CCN(C(=O)c1ccsc1)C2. The van der Waals surface area contributed by atoms with Gasteiger partial charge in [0.1, 0.15) is 6.54 Å². The zero-order valence-electron chi connectivity index (χ0n) is 15.1. The zero-order chi connectivity index (χ0) is 19.0. The summed E-state index contributed by atoms with van der Waals surface area (Å²) in [5.41, 5.74) is 0.965. The number of piperazine rings is 1. The van der Waals surface area contributed by atoms with Crippen LogP contribution >= 0.6 is 11.3 Å². The molecule has 3 amide bonds. The van der Waals surface area contributed by atoms with Gasteiger partial charge in [-0.2, -0.15) is 11.3 Å². The van der Waals surface area contributed by atoms with Crippen LogP contribution in [0.25, 0.3) is 0 Å². The van der Waals surface area contributed by atoms with Crippen molar-refractivity contribution in [1.82, 2.24) is 9.80 Å². The third-order valence-electron chi connectivity index (χ3n) is 5.46. The largest absolute Gasteiger partial charge is 0.336 e. The van der Waals surface area contributed by atoms with E-state index in [2.05, 4.69) is 0 Å². The van der Waals surface area contributed by atoms with Gasteiger partial charge in [0.05, 0.1) is 17.6 Å². The molecule has 6 nitrogen and oxygen atoms in total. The molecule has 140 valence electrons. The van der Waals surface area contributed by atoms with Gasteiger partial charge in [-0.1, -0.05) is 18.2 Å². The molecule has 4 rings (SSSR count). The van der Waals surface area contributed by atoms with E-state index in [-0.39, 0.29) is 24.3 Å². The number of thiophene rings is 1. The van der Waals surface area contributed by atoms with Crippen molar-refractivity contribution in [3.05, 3.63) is 52.7 Å². The molecule has 0 unspecified atom stereocenters. The van der Waals surface area contributed by atoms with E-state index in [1.807, 2.05) is 47.2 Å². The second kappa shape index (κ2) is 6.81. The maximum Gasteiger partial charge on any atom is 0.254 e. The molecule has 2 aliphatic rings. The van der Waals surface area contributed by atoms with Gasteiger partial charge in [0, 0.05) is 31.1 Å². The average Bonchev–Trinajstić information content (AvgIpc) is 3.34. The molecule has 27 heavy (non-hydrogen) atoms. The summed E-state index contributed by atoms with van der Waals surface area (Å²) >= 11 is 1.49. The van der Waals surface area contributed by atoms with Gasteiger partial charge in [0.15, 0.2) is 0 Å². The predicted octanol–water partition coefficient (Wildman–Crippen LogP) is 2.23. The fourth-order valence-corrected chi connectivity index (χ4v) is 4.72. The molecule has 1 spiro atoms. The minimum atomic E-state index is -0.540. The lowest BCUT2D eigenvalue weighted by molar-refractivity contribution is -0.142. The fourth-order valence-electron chi connectivity index (χ4n) is 4.09. The number of carbonyl (C=O) groups is 3. The van der Waals surface area contributed by atoms with Crippen molar-refractivity contribution >= 4 is 34.7 Å². The summed E-state index contributed by atoms with van der Waals surface area (Å²) in [7, 11) is 0. The van der Waals surface area contributed by atoms with Crippen molar-refractivity contribution in [3.63, 3.8) is 0 Å². The van der Waals surface area contributed by atoms with Crippen molar-refractivity contribution in [3.8, 4) is 0 Å². The van der Waals surface area contributed by atoms with Crippen LogP contribution in [0.4, 0.5) is 5.69 Å². The highest BCUT2D eigenvalue weighted by atomic mass is 32.1. The Bertz CT molecular complexity index is 868. The van der Waals surface area contributed by atoms with Crippen LogP contribution in [0.5, 0.6) is 0 Å². The van der Waals surface area contributed by atoms with Crippen LogP contribution in [0.1, 0.15) is 23.7 Å². The third-order valence-corrected chi connectivity index (χ3v) is 6.14. The number of hydrogen-bond acceptors (Lipinski definition) is 4. The second-order valence-corrected chi connectivity index (χ2v) is 7.91. The number of likely N-dealkylation sites (tertiary alicyclic amines) is 1. The lowest BCUT2D eigenvalue weighted by Gasteiger charge is -2.48. The average molecular weight is 383 g/mol. The summed E-state index contributed by atoms with van der Waals surface area (Å²) in [6, 6.07) is 11.3. The Balaban J connectivity index is 1.63. The molecular formula is C20H21N3O3S. The molecule has 0 aliphatic carbocycles. The number of anilines is 1. The van der Waals surface area contributed by atoms with Crippen LogP contribution in [-0.2, 0) is 9.59 Å². The number of carbonyl (C=O) groups excluding carboxylic acids is 3. The van der Waals surface area contributed by atoms with Gasteiger partial charge in [-0.15, -0.1) is 0 Å². The Morgan fingerprint density at radius 2 is 1.89 bits per heavy atom. The maximum absolute atomic E-state index is 12.8. The third kappa shape index (κ3) is 3.12. The van der Waals surface area contributed by atoms with Crippen molar-refractivity contribution in [2.75, 3.05) is 31.1 Å². The highest BCUT2D eigenvalue weighted by Crippen LogP contribution is 2.35. The smallest absolute Gasteiger partial charge is 0.254 e. The van der Waals surface area contributed by atoms with Gasteiger partial charge < -0.3 is 14.7 Å². The first-order valence-corrected chi connectivity index (χ1v) is 9.90. The molecule has 1 aromatic carbocycles. The molecule has 1 atom stereocenters. The van der Waals surface area contributed by atoms with Gasteiger partial charge in [-0.05, 0) is 30.0 Å². The van der Waals surface area contributed by atoms with Crippen LogP contribution in [-0.4, -0.2) is 59.2 Å². The zero-order valence-corrected chi connectivity index (χ0v) is 15.9. The highest BCUT2D eigenvalue weighted by molar-refractivity contribution is 7.08. The van der Waals surface area contributed by atoms with E-state index in [0.717, 1.165) is 5.69 Å². The summed E-state index contributed by atoms with van der Waals surface area (Å²) in [5.74, 6) is -0.231. The van der Waals surface area contributed by atoms with E-state index in [1.165, 1.54) is 18.3 Å². The summed E-state index contributed by atoms with van der Waals surface area (Å²) in [6.45, 7) is 2.97. The molecule has 7 heteroatoms. The summed E-state index contributed by atoms with van der Waals surface area (Å²) in [4.78, 5) is 43.0. The van der Waals surface area contributed by atoms with Crippen molar-refractivity contribution in [2.45, 2.75) is 18.9 Å².